The van der Waals surface area contributed by atoms with Crippen molar-refractivity contribution in [3.8, 4) is 0 Å². The summed E-state index contributed by atoms with van der Waals surface area (Å²) in [5.41, 5.74) is 1.25. The Morgan fingerprint density at radius 3 is 2.69 bits per heavy atom. The molecule has 2 nitrogen and oxygen atoms in total. The second-order valence-electron chi connectivity index (χ2n) is 4.97. The van der Waals surface area contributed by atoms with E-state index in [4.69, 9.17) is 0 Å². The Morgan fingerprint density at radius 1 is 1.38 bits per heavy atom. The average molecular weight is 219 g/mol. The van der Waals surface area contributed by atoms with Crippen LogP contribution in [0.3, 0.4) is 0 Å². The molecule has 2 atom stereocenters. The largest absolute Gasteiger partial charge is 0.355 e. The first kappa shape index (κ1) is 9.82. The first-order valence-corrected chi connectivity index (χ1v) is 5.72. The quantitative estimate of drug-likeness (QED) is 0.808. The number of fused-ring (bicyclic) bond motifs is 1. The first-order valence-electron chi connectivity index (χ1n) is 5.72. The van der Waals surface area contributed by atoms with Crippen LogP contribution >= 0.6 is 0 Å². The summed E-state index contributed by atoms with van der Waals surface area (Å²) in [5, 5.41) is 2.94. The van der Waals surface area contributed by atoms with Crippen molar-refractivity contribution in [2.75, 3.05) is 6.54 Å². The molecule has 2 aliphatic rings. The molecule has 2 fully saturated rings. The molecule has 0 bridgehead atoms. The molecule has 1 aliphatic heterocycles. The maximum atomic E-state index is 12.8. The van der Waals surface area contributed by atoms with E-state index in [1.165, 1.54) is 12.1 Å². The van der Waals surface area contributed by atoms with Crippen molar-refractivity contribution >= 4 is 5.91 Å². The van der Waals surface area contributed by atoms with E-state index in [-0.39, 0.29) is 23.1 Å². The highest BCUT2D eigenvalue weighted by Gasteiger charge is 2.54. The lowest BCUT2D eigenvalue weighted by Crippen LogP contribution is -2.42. The van der Waals surface area contributed by atoms with Crippen molar-refractivity contribution in [3.63, 3.8) is 0 Å². The van der Waals surface area contributed by atoms with Gasteiger partial charge in [-0.1, -0.05) is 12.1 Å². The van der Waals surface area contributed by atoms with E-state index < -0.39 is 0 Å². The fourth-order valence-corrected chi connectivity index (χ4v) is 2.99. The molecule has 84 valence electrons. The maximum Gasteiger partial charge on any atom is 0.223 e. The molecule has 1 saturated heterocycles. The van der Waals surface area contributed by atoms with Crippen LogP contribution in [0.2, 0.25) is 0 Å². The van der Waals surface area contributed by atoms with Crippen molar-refractivity contribution in [2.24, 2.45) is 11.3 Å². The van der Waals surface area contributed by atoms with Gasteiger partial charge in [0.1, 0.15) is 5.82 Å². The van der Waals surface area contributed by atoms with Crippen LogP contribution in [-0.2, 0) is 11.2 Å². The van der Waals surface area contributed by atoms with Gasteiger partial charge >= 0.3 is 0 Å². The van der Waals surface area contributed by atoms with E-state index in [9.17, 15) is 9.18 Å². The maximum absolute atomic E-state index is 12.8. The molecular weight excluding hydrogens is 205 g/mol. The predicted molar refractivity (Wildman–Crippen MR) is 58.3 cm³/mol. The second-order valence-corrected chi connectivity index (χ2v) is 4.97. The minimum Gasteiger partial charge on any atom is -0.355 e. The van der Waals surface area contributed by atoms with Gasteiger partial charge in [-0.3, -0.25) is 4.79 Å². The van der Waals surface area contributed by atoms with E-state index in [0.717, 1.165) is 31.4 Å². The first-order chi connectivity index (χ1) is 7.70. The molecule has 16 heavy (non-hydrogen) atoms. The summed E-state index contributed by atoms with van der Waals surface area (Å²) >= 11 is 0. The number of nitrogens with one attached hydrogen (secondary N) is 1. The Bertz CT molecular complexity index is 428. The lowest BCUT2D eigenvalue weighted by molar-refractivity contribution is -0.127. The molecule has 3 heteroatoms. The number of hydrogen-bond donors (Lipinski definition) is 1. The summed E-state index contributed by atoms with van der Waals surface area (Å²) < 4.78 is 12.8. The molecule has 3 rings (SSSR count). The van der Waals surface area contributed by atoms with Crippen molar-refractivity contribution in [2.45, 2.75) is 19.3 Å². The number of amides is 1. The number of halogens is 1. The summed E-state index contributed by atoms with van der Waals surface area (Å²) in [7, 11) is 0. The standard InChI is InChI=1S/C13H14FNO/c14-10-3-1-9(2-4-10)7-13-6-5-11(13)12(16)15-8-13/h1-4,11H,5-8H2,(H,15,16). The smallest absolute Gasteiger partial charge is 0.223 e. The molecule has 0 aromatic heterocycles. The van der Waals surface area contributed by atoms with Gasteiger partial charge in [-0.15, -0.1) is 0 Å². The minimum absolute atomic E-state index is 0.120. The van der Waals surface area contributed by atoms with Crippen LogP contribution < -0.4 is 5.32 Å². The van der Waals surface area contributed by atoms with Crippen LogP contribution in [0.25, 0.3) is 0 Å². The minimum atomic E-state index is -0.202. The number of benzene rings is 1. The van der Waals surface area contributed by atoms with E-state index in [0.29, 0.717) is 0 Å². The zero-order chi connectivity index (χ0) is 11.2. The highest BCUT2D eigenvalue weighted by Crippen LogP contribution is 2.51. The van der Waals surface area contributed by atoms with Crippen LogP contribution in [0.1, 0.15) is 18.4 Å². The van der Waals surface area contributed by atoms with Gasteiger partial charge in [0.15, 0.2) is 0 Å². The molecule has 1 aliphatic carbocycles. The zero-order valence-corrected chi connectivity index (χ0v) is 9.00. The lowest BCUT2D eigenvalue weighted by atomic mass is 9.59. The summed E-state index contributed by atoms with van der Waals surface area (Å²) in [6.07, 6.45) is 3.00. The number of carbonyl (C=O) groups excluding carboxylic acids is 1. The van der Waals surface area contributed by atoms with Crippen molar-refractivity contribution in [1.82, 2.24) is 5.32 Å². The lowest BCUT2D eigenvalue weighted by Gasteiger charge is -2.42. The third-order valence-electron chi connectivity index (χ3n) is 4.07. The summed E-state index contributed by atoms with van der Waals surface area (Å²) in [5.74, 6) is 0.193. The average Bonchev–Trinajstić information content (AvgIpc) is 2.44. The fourth-order valence-electron chi connectivity index (χ4n) is 2.99. The molecule has 0 spiro atoms. The number of carbonyl (C=O) groups is 1. The van der Waals surface area contributed by atoms with Gasteiger partial charge in [0.2, 0.25) is 5.91 Å². The predicted octanol–water partition coefficient (Wildman–Crippen LogP) is 1.89. The third-order valence-corrected chi connectivity index (χ3v) is 4.07. The molecule has 1 saturated carbocycles. The number of hydrogen-bond acceptors (Lipinski definition) is 1. The summed E-state index contributed by atoms with van der Waals surface area (Å²) in [4.78, 5) is 11.5. The van der Waals surface area contributed by atoms with Crippen molar-refractivity contribution in [3.05, 3.63) is 35.6 Å². The van der Waals surface area contributed by atoms with Crippen molar-refractivity contribution < 1.29 is 9.18 Å². The van der Waals surface area contributed by atoms with Crippen LogP contribution in [0, 0.1) is 17.2 Å². The Labute approximate surface area is 93.9 Å². The van der Waals surface area contributed by atoms with Gasteiger partial charge in [0, 0.05) is 17.9 Å². The van der Waals surface area contributed by atoms with Crippen LogP contribution in [0.4, 0.5) is 4.39 Å². The van der Waals surface area contributed by atoms with Crippen molar-refractivity contribution in [1.29, 1.82) is 0 Å². The zero-order valence-electron chi connectivity index (χ0n) is 9.00. The van der Waals surface area contributed by atoms with Gasteiger partial charge in [-0.05, 0) is 37.0 Å². The Kier molecular flexibility index (Phi) is 2.03. The molecule has 2 unspecified atom stereocenters. The van der Waals surface area contributed by atoms with Gasteiger partial charge in [-0.2, -0.15) is 0 Å². The summed E-state index contributed by atoms with van der Waals surface area (Å²) in [6.45, 7) is 0.786. The molecule has 1 heterocycles. The monoisotopic (exact) mass is 219 g/mol. The molecule has 1 aromatic carbocycles. The SMILES string of the molecule is O=C1NCC2(Cc3ccc(F)cc3)CCC12. The highest BCUT2D eigenvalue weighted by molar-refractivity contribution is 5.83. The molecule has 1 aromatic rings. The van der Waals surface area contributed by atoms with E-state index in [1.807, 2.05) is 12.1 Å². The fraction of sp³-hybridized carbons (Fsp3) is 0.462. The van der Waals surface area contributed by atoms with E-state index in [1.54, 1.807) is 0 Å². The third kappa shape index (κ3) is 1.34. The second kappa shape index (κ2) is 3.30. The Morgan fingerprint density at radius 2 is 2.12 bits per heavy atom. The van der Waals surface area contributed by atoms with Gasteiger partial charge in [-0.25, -0.2) is 4.39 Å². The van der Waals surface area contributed by atoms with Crippen LogP contribution in [0.15, 0.2) is 24.3 Å². The molecule has 1 N–H and O–H groups in total. The highest BCUT2D eigenvalue weighted by atomic mass is 19.1. The van der Waals surface area contributed by atoms with Gasteiger partial charge < -0.3 is 5.32 Å². The van der Waals surface area contributed by atoms with E-state index >= 15 is 0 Å². The number of rotatable bonds is 2. The Balaban J connectivity index is 1.80. The van der Waals surface area contributed by atoms with Crippen LogP contribution in [-0.4, -0.2) is 12.5 Å². The van der Waals surface area contributed by atoms with Gasteiger partial charge in [0.05, 0.1) is 0 Å². The Hall–Kier alpha value is -1.38. The molecular formula is C13H14FNO. The molecule has 1 amide bonds. The molecule has 0 radical (unpaired) electrons. The summed E-state index contributed by atoms with van der Waals surface area (Å²) in [6, 6.07) is 6.62. The van der Waals surface area contributed by atoms with E-state index in [2.05, 4.69) is 5.32 Å². The van der Waals surface area contributed by atoms with Crippen LogP contribution in [0.5, 0.6) is 0 Å². The topological polar surface area (TPSA) is 29.1 Å². The normalized spacial score (nSPS) is 31.8. The van der Waals surface area contributed by atoms with Gasteiger partial charge in [0.25, 0.3) is 0 Å².